The molecule has 0 saturated heterocycles. The summed E-state index contributed by atoms with van der Waals surface area (Å²) in [5.41, 5.74) is 6.44. The molecule has 2 N–H and O–H groups in total. The van der Waals surface area contributed by atoms with Gasteiger partial charge in [0.25, 0.3) is 0 Å². The van der Waals surface area contributed by atoms with E-state index >= 15 is 0 Å². The minimum atomic E-state index is 0.180. The first kappa shape index (κ1) is 12.6. The van der Waals surface area contributed by atoms with E-state index in [-0.39, 0.29) is 11.7 Å². The Bertz CT molecular complexity index is 380. The molecule has 0 aromatic heterocycles. The molecular weight excluding hydrogens is 234 g/mol. The minimum absolute atomic E-state index is 0.180. The second-order valence-corrected chi connectivity index (χ2v) is 5.26. The lowest BCUT2D eigenvalue weighted by molar-refractivity contribution is 0.0873. The molecule has 1 aromatic rings. The Kier molecular flexibility index (Phi) is 4.19. The fourth-order valence-electron chi connectivity index (χ4n) is 2.51. The van der Waals surface area contributed by atoms with E-state index in [4.69, 9.17) is 17.3 Å². The van der Waals surface area contributed by atoms with E-state index in [1.165, 1.54) is 0 Å². The van der Waals surface area contributed by atoms with Gasteiger partial charge in [0.05, 0.1) is 0 Å². The van der Waals surface area contributed by atoms with Crippen LogP contribution in [0.5, 0.6) is 0 Å². The van der Waals surface area contributed by atoms with Crippen LogP contribution in [0, 0.1) is 11.8 Å². The molecule has 1 aromatic carbocycles. The number of hydrogen-bond acceptors (Lipinski definition) is 2. The summed E-state index contributed by atoms with van der Waals surface area (Å²) in [7, 11) is 0. The summed E-state index contributed by atoms with van der Waals surface area (Å²) < 4.78 is 0. The fourth-order valence-corrected chi connectivity index (χ4v) is 2.64. The van der Waals surface area contributed by atoms with Crippen LogP contribution in [0.25, 0.3) is 0 Å². The number of nitrogens with two attached hydrogens (primary N) is 1. The monoisotopic (exact) mass is 251 g/mol. The van der Waals surface area contributed by atoms with E-state index in [0.29, 0.717) is 10.9 Å². The van der Waals surface area contributed by atoms with Gasteiger partial charge in [0.1, 0.15) is 0 Å². The quantitative estimate of drug-likeness (QED) is 0.838. The van der Waals surface area contributed by atoms with Crippen molar-refractivity contribution in [1.29, 1.82) is 0 Å². The molecule has 3 heteroatoms. The highest BCUT2D eigenvalue weighted by molar-refractivity contribution is 6.30. The zero-order valence-electron chi connectivity index (χ0n) is 9.86. The Morgan fingerprint density at radius 3 is 2.29 bits per heavy atom. The number of carbonyl (C=O) groups excluding carboxylic acids is 1. The highest BCUT2D eigenvalue weighted by atomic mass is 35.5. The van der Waals surface area contributed by atoms with Gasteiger partial charge in [0.15, 0.2) is 5.78 Å². The molecular formula is C14H18ClNO. The minimum Gasteiger partial charge on any atom is -0.330 e. The van der Waals surface area contributed by atoms with Crippen LogP contribution in [-0.4, -0.2) is 12.3 Å². The van der Waals surface area contributed by atoms with Gasteiger partial charge in [-0.3, -0.25) is 4.79 Å². The summed E-state index contributed by atoms with van der Waals surface area (Å²) in [6.45, 7) is 0.752. The third-order valence-electron chi connectivity index (χ3n) is 3.68. The predicted octanol–water partition coefficient (Wildman–Crippen LogP) is 3.29. The first-order valence-corrected chi connectivity index (χ1v) is 6.58. The normalized spacial score (nSPS) is 24.6. The topological polar surface area (TPSA) is 43.1 Å². The van der Waals surface area contributed by atoms with Gasteiger partial charge >= 0.3 is 0 Å². The van der Waals surface area contributed by atoms with Crippen LogP contribution in [0.4, 0.5) is 0 Å². The van der Waals surface area contributed by atoms with Gasteiger partial charge in [-0.2, -0.15) is 0 Å². The SMILES string of the molecule is NCC1CCC(C(=O)c2ccc(Cl)cc2)CC1. The Morgan fingerprint density at radius 2 is 1.76 bits per heavy atom. The van der Waals surface area contributed by atoms with Crippen molar-refractivity contribution in [3.8, 4) is 0 Å². The molecule has 0 unspecified atom stereocenters. The maximum absolute atomic E-state index is 12.2. The average Bonchev–Trinajstić information content (AvgIpc) is 2.39. The van der Waals surface area contributed by atoms with Crippen LogP contribution in [-0.2, 0) is 0 Å². The second kappa shape index (κ2) is 5.65. The lowest BCUT2D eigenvalue weighted by Crippen LogP contribution is -2.25. The van der Waals surface area contributed by atoms with Crippen molar-refractivity contribution in [3.05, 3.63) is 34.9 Å². The summed E-state index contributed by atoms with van der Waals surface area (Å²) in [5, 5.41) is 0.674. The summed E-state index contributed by atoms with van der Waals surface area (Å²) in [4.78, 5) is 12.2. The van der Waals surface area contributed by atoms with E-state index in [1.54, 1.807) is 12.1 Å². The standard InChI is InChI=1S/C14H18ClNO/c15-13-7-5-12(6-8-13)14(17)11-3-1-10(9-16)2-4-11/h5-8,10-11H,1-4,9,16H2. The lowest BCUT2D eigenvalue weighted by Gasteiger charge is -2.26. The van der Waals surface area contributed by atoms with Crippen LogP contribution in [0.1, 0.15) is 36.0 Å². The largest absolute Gasteiger partial charge is 0.330 e. The summed E-state index contributed by atoms with van der Waals surface area (Å²) in [6.07, 6.45) is 4.12. The molecule has 2 nitrogen and oxygen atoms in total. The maximum atomic E-state index is 12.2. The Morgan fingerprint density at radius 1 is 1.18 bits per heavy atom. The number of hydrogen-bond donors (Lipinski definition) is 1. The zero-order valence-corrected chi connectivity index (χ0v) is 10.6. The van der Waals surface area contributed by atoms with Gasteiger partial charge in [-0.25, -0.2) is 0 Å². The van der Waals surface area contributed by atoms with Crippen molar-refractivity contribution in [2.24, 2.45) is 17.6 Å². The summed E-state index contributed by atoms with van der Waals surface area (Å²) >= 11 is 5.81. The average molecular weight is 252 g/mol. The Hall–Kier alpha value is -0.860. The fraction of sp³-hybridized carbons (Fsp3) is 0.500. The molecule has 0 aliphatic heterocycles. The molecule has 1 saturated carbocycles. The van der Waals surface area contributed by atoms with E-state index < -0.39 is 0 Å². The predicted molar refractivity (Wildman–Crippen MR) is 70.3 cm³/mol. The van der Waals surface area contributed by atoms with Crippen molar-refractivity contribution in [2.45, 2.75) is 25.7 Å². The van der Waals surface area contributed by atoms with E-state index in [2.05, 4.69) is 0 Å². The maximum Gasteiger partial charge on any atom is 0.165 e. The van der Waals surface area contributed by atoms with Gasteiger partial charge in [0.2, 0.25) is 0 Å². The van der Waals surface area contributed by atoms with E-state index in [9.17, 15) is 4.79 Å². The third-order valence-corrected chi connectivity index (χ3v) is 3.93. The molecule has 0 heterocycles. The highest BCUT2D eigenvalue weighted by Gasteiger charge is 2.26. The van der Waals surface area contributed by atoms with Crippen LogP contribution >= 0.6 is 11.6 Å². The molecule has 0 radical (unpaired) electrons. The van der Waals surface area contributed by atoms with Crippen molar-refractivity contribution in [2.75, 3.05) is 6.54 Å². The zero-order chi connectivity index (χ0) is 12.3. The summed E-state index contributed by atoms with van der Waals surface area (Å²) in [5.74, 6) is 1.06. The Labute approximate surface area is 107 Å². The van der Waals surface area contributed by atoms with Gasteiger partial charge in [-0.1, -0.05) is 11.6 Å². The molecule has 0 amide bonds. The van der Waals surface area contributed by atoms with Gasteiger partial charge in [0, 0.05) is 16.5 Å². The number of carbonyl (C=O) groups is 1. The molecule has 1 fully saturated rings. The van der Waals surface area contributed by atoms with Crippen LogP contribution in [0.2, 0.25) is 5.02 Å². The van der Waals surface area contributed by atoms with Gasteiger partial charge in [-0.15, -0.1) is 0 Å². The lowest BCUT2D eigenvalue weighted by atomic mass is 9.79. The Balaban J connectivity index is 1.99. The van der Waals surface area contributed by atoms with E-state index in [1.807, 2.05) is 12.1 Å². The van der Waals surface area contributed by atoms with Crippen molar-refractivity contribution < 1.29 is 4.79 Å². The molecule has 17 heavy (non-hydrogen) atoms. The highest BCUT2D eigenvalue weighted by Crippen LogP contribution is 2.30. The molecule has 1 aliphatic carbocycles. The van der Waals surface area contributed by atoms with Crippen LogP contribution < -0.4 is 5.73 Å². The number of halogens is 1. The molecule has 0 atom stereocenters. The summed E-state index contributed by atoms with van der Waals surface area (Å²) in [6, 6.07) is 7.19. The smallest absolute Gasteiger partial charge is 0.165 e. The second-order valence-electron chi connectivity index (χ2n) is 4.82. The molecule has 0 bridgehead atoms. The number of Topliss-reactive ketones (excluding diaryl/α,β-unsaturated/α-hetero) is 1. The van der Waals surface area contributed by atoms with Crippen LogP contribution in [0.3, 0.4) is 0 Å². The number of benzene rings is 1. The van der Waals surface area contributed by atoms with E-state index in [0.717, 1.165) is 37.8 Å². The third kappa shape index (κ3) is 3.08. The van der Waals surface area contributed by atoms with Gasteiger partial charge in [-0.05, 0) is 62.4 Å². The first-order valence-electron chi connectivity index (χ1n) is 6.20. The molecule has 0 spiro atoms. The van der Waals surface area contributed by atoms with Crippen LogP contribution in [0.15, 0.2) is 24.3 Å². The molecule has 2 rings (SSSR count). The van der Waals surface area contributed by atoms with Crippen molar-refractivity contribution in [1.82, 2.24) is 0 Å². The number of rotatable bonds is 3. The van der Waals surface area contributed by atoms with Crippen molar-refractivity contribution in [3.63, 3.8) is 0 Å². The van der Waals surface area contributed by atoms with Gasteiger partial charge < -0.3 is 5.73 Å². The first-order chi connectivity index (χ1) is 8.20. The molecule has 1 aliphatic rings. The molecule has 92 valence electrons. The van der Waals surface area contributed by atoms with Crippen molar-refractivity contribution >= 4 is 17.4 Å². The number of ketones is 1.